The summed E-state index contributed by atoms with van der Waals surface area (Å²) in [6, 6.07) is -0.0810. The normalized spacial score (nSPS) is 25.5. The van der Waals surface area contributed by atoms with Crippen molar-refractivity contribution in [1.29, 1.82) is 0 Å². The molecule has 0 bridgehead atoms. The number of methoxy groups -OCH3 is 1. The van der Waals surface area contributed by atoms with Gasteiger partial charge in [0.25, 0.3) is 0 Å². The molecule has 2 aliphatic heterocycles. The number of nitrogens with zero attached hydrogens (tertiary/aromatic N) is 1. The lowest BCUT2D eigenvalue weighted by molar-refractivity contribution is -0.132. The first-order valence-electron chi connectivity index (χ1n) is 8.57. The minimum absolute atomic E-state index is 0.0810. The summed E-state index contributed by atoms with van der Waals surface area (Å²) < 4.78 is 11.2. The maximum atomic E-state index is 12.9. The quantitative estimate of drug-likeness (QED) is 0.757. The highest BCUT2D eigenvalue weighted by Gasteiger charge is 2.40. The average molecular weight is 380 g/mol. The molecule has 2 heterocycles. The molecule has 0 aromatic heterocycles. The van der Waals surface area contributed by atoms with Crippen molar-refractivity contribution in [3.05, 3.63) is 46.7 Å². The maximum absolute atomic E-state index is 12.9. The predicted octanol–water partition coefficient (Wildman–Crippen LogP) is 2.96. The number of allylic oxidation sites excluding steroid dienone is 4. The van der Waals surface area contributed by atoms with Crippen LogP contribution in [0.15, 0.2) is 46.7 Å². The van der Waals surface area contributed by atoms with Crippen molar-refractivity contribution in [2.24, 2.45) is 5.92 Å². The van der Waals surface area contributed by atoms with Gasteiger partial charge in [0, 0.05) is 18.7 Å². The molecule has 1 N–H and O–H groups in total. The summed E-state index contributed by atoms with van der Waals surface area (Å²) in [6.45, 7) is 4.53. The SMILES string of the molecule is COC1=CC2=C(C(=O)[C@@H]1Cl)C1=CCC(C(=O)O)=CN1C(CC(C)C)CO2. The molecule has 3 rings (SSSR count). The number of carboxylic acids is 1. The smallest absolute Gasteiger partial charge is 0.333 e. The summed E-state index contributed by atoms with van der Waals surface area (Å²) in [6.07, 6.45) is 6.08. The lowest BCUT2D eigenvalue weighted by Gasteiger charge is -2.34. The number of alkyl halides is 1. The van der Waals surface area contributed by atoms with Crippen molar-refractivity contribution in [1.82, 2.24) is 4.90 Å². The summed E-state index contributed by atoms with van der Waals surface area (Å²) in [5.74, 6) is -0.101. The summed E-state index contributed by atoms with van der Waals surface area (Å²) in [7, 11) is 1.46. The van der Waals surface area contributed by atoms with Crippen LogP contribution in [0.2, 0.25) is 0 Å². The number of Topliss-reactive ketones (excluding diaryl/α,β-unsaturated/α-hetero) is 1. The van der Waals surface area contributed by atoms with E-state index in [2.05, 4.69) is 13.8 Å². The van der Waals surface area contributed by atoms with E-state index in [-0.39, 0.29) is 23.8 Å². The third-order valence-corrected chi connectivity index (χ3v) is 5.08. The highest BCUT2D eigenvalue weighted by atomic mass is 35.5. The van der Waals surface area contributed by atoms with Gasteiger partial charge in [-0.05, 0) is 12.3 Å². The number of fused-ring (bicyclic) bond motifs is 2. The van der Waals surface area contributed by atoms with E-state index < -0.39 is 11.3 Å². The molecule has 1 unspecified atom stereocenters. The van der Waals surface area contributed by atoms with Crippen molar-refractivity contribution in [3.8, 4) is 0 Å². The summed E-state index contributed by atoms with van der Waals surface area (Å²) in [5, 5.41) is 8.46. The molecule has 0 saturated heterocycles. The molecule has 1 aliphatic carbocycles. The van der Waals surface area contributed by atoms with E-state index >= 15 is 0 Å². The molecule has 140 valence electrons. The van der Waals surface area contributed by atoms with Crippen molar-refractivity contribution in [2.75, 3.05) is 13.7 Å². The van der Waals surface area contributed by atoms with E-state index in [9.17, 15) is 14.7 Å². The van der Waals surface area contributed by atoms with Gasteiger partial charge < -0.3 is 19.5 Å². The molecular weight excluding hydrogens is 358 g/mol. The molecule has 26 heavy (non-hydrogen) atoms. The second-order valence-electron chi connectivity index (χ2n) is 6.97. The van der Waals surface area contributed by atoms with Gasteiger partial charge in [0.1, 0.15) is 18.1 Å². The van der Waals surface area contributed by atoms with Gasteiger partial charge in [-0.3, -0.25) is 4.79 Å². The number of carbonyl (C=O) groups is 2. The Morgan fingerprint density at radius 1 is 1.50 bits per heavy atom. The van der Waals surface area contributed by atoms with Crippen LogP contribution in [0, 0.1) is 5.92 Å². The van der Waals surface area contributed by atoms with E-state index in [4.69, 9.17) is 21.1 Å². The van der Waals surface area contributed by atoms with Gasteiger partial charge in [-0.25, -0.2) is 4.79 Å². The fourth-order valence-corrected chi connectivity index (χ4v) is 3.71. The lowest BCUT2D eigenvalue weighted by Crippen LogP contribution is -2.37. The molecule has 3 aliphatic rings. The van der Waals surface area contributed by atoms with Crippen LogP contribution in [0.3, 0.4) is 0 Å². The lowest BCUT2D eigenvalue weighted by atomic mass is 9.92. The molecular formula is C19H22ClNO5. The summed E-state index contributed by atoms with van der Waals surface area (Å²) >= 11 is 6.25. The van der Waals surface area contributed by atoms with E-state index in [0.29, 0.717) is 35.3 Å². The minimum atomic E-state index is -0.963. The van der Waals surface area contributed by atoms with Crippen molar-refractivity contribution < 1.29 is 24.2 Å². The highest BCUT2D eigenvalue weighted by Crippen LogP contribution is 2.38. The zero-order valence-corrected chi connectivity index (χ0v) is 15.7. The van der Waals surface area contributed by atoms with Crippen LogP contribution < -0.4 is 0 Å². The van der Waals surface area contributed by atoms with Crippen molar-refractivity contribution in [2.45, 2.75) is 38.1 Å². The molecule has 0 spiro atoms. The molecule has 2 atom stereocenters. The number of hydrogen-bond acceptors (Lipinski definition) is 5. The van der Waals surface area contributed by atoms with Crippen LogP contribution in [-0.4, -0.2) is 46.9 Å². The Morgan fingerprint density at radius 3 is 2.85 bits per heavy atom. The molecule has 0 saturated carbocycles. The van der Waals surface area contributed by atoms with Crippen molar-refractivity contribution >= 4 is 23.4 Å². The van der Waals surface area contributed by atoms with E-state index in [0.717, 1.165) is 6.42 Å². The topological polar surface area (TPSA) is 76.1 Å². The molecule has 0 fully saturated rings. The second-order valence-corrected chi connectivity index (χ2v) is 7.41. The zero-order chi connectivity index (χ0) is 19.0. The van der Waals surface area contributed by atoms with Gasteiger partial charge in [-0.2, -0.15) is 0 Å². The van der Waals surface area contributed by atoms with Crippen LogP contribution in [0.4, 0.5) is 0 Å². The Labute approximate surface area is 157 Å². The standard InChI is InChI=1S/C19H22ClNO5/c1-10(2)6-12-9-26-14-7-15(25-3)17(20)18(22)16(14)13-5-4-11(19(23)24)8-21(12)13/h5,7-8,10,12,17H,4,6,9H2,1-3H3,(H,23,24)/t12?,17-/m1/s1. The van der Waals surface area contributed by atoms with Gasteiger partial charge in [0.15, 0.2) is 11.2 Å². The third-order valence-electron chi connectivity index (χ3n) is 4.67. The number of ketones is 1. The van der Waals surface area contributed by atoms with Gasteiger partial charge in [-0.15, -0.1) is 11.6 Å². The Balaban J connectivity index is 2.09. The molecule has 7 heteroatoms. The van der Waals surface area contributed by atoms with E-state index in [1.54, 1.807) is 18.4 Å². The average Bonchev–Trinajstić information content (AvgIpc) is 2.74. The van der Waals surface area contributed by atoms with Crippen LogP contribution in [-0.2, 0) is 19.1 Å². The maximum Gasteiger partial charge on any atom is 0.333 e. The summed E-state index contributed by atoms with van der Waals surface area (Å²) in [5.41, 5.74) is 1.33. The molecule has 0 radical (unpaired) electrons. The van der Waals surface area contributed by atoms with Gasteiger partial charge in [0.05, 0.1) is 30.0 Å². The third kappa shape index (κ3) is 3.26. The first-order chi connectivity index (χ1) is 12.3. The van der Waals surface area contributed by atoms with E-state index in [1.807, 2.05) is 4.90 Å². The Hall–Kier alpha value is -2.21. The molecule has 0 amide bonds. The largest absolute Gasteiger partial charge is 0.499 e. The number of hydrogen-bond donors (Lipinski definition) is 1. The van der Waals surface area contributed by atoms with Gasteiger partial charge >= 0.3 is 5.97 Å². The second kappa shape index (κ2) is 7.19. The van der Waals surface area contributed by atoms with Gasteiger partial charge in [0.2, 0.25) is 0 Å². The molecule has 6 nitrogen and oxygen atoms in total. The monoisotopic (exact) mass is 379 g/mol. The van der Waals surface area contributed by atoms with Crippen LogP contribution in [0.1, 0.15) is 26.7 Å². The summed E-state index contributed by atoms with van der Waals surface area (Å²) in [4.78, 5) is 26.2. The van der Waals surface area contributed by atoms with Crippen molar-refractivity contribution in [3.63, 3.8) is 0 Å². The minimum Gasteiger partial charge on any atom is -0.499 e. The highest BCUT2D eigenvalue weighted by molar-refractivity contribution is 6.36. The van der Waals surface area contributed by atoms with Gasteiger partial charge in [-0.1, -0.05) is 19.9 Å². The molecule has 0 aromatic rings. The van der Waals surface area contributed by atoms with Crippen LogP contribution >= 0.6 is 11.6 Å². The van der Waals surface area contributed by atoms with Crippen LogP contribution in [0.5, 0.6) is 0 Å². The number of aliphatic carboxylic acids is 1. The number of carbonyl (C=O) groups excluding carboxylic acids is 1. The molecule has 0 aromatic carbocycles. The Morgan fingerprint density at radius 2 is 2.23 bits per heavy atom. The number of rotatable bonds is 4. The number of ether oxygens (including phenoxy) is 2. The zero-order valence-electron chi connectivity index (χ0n) is 15.0. The Bertz CT molecular complexity index is 762. The number of halogens is 1. The first-order valence-corrected chi connectivity index (χ1v) is 9.00. The van der Waals surface area contributed by atoms with Crippen LogP contribution in [0.25, 0.3) is 0 Å². The fourth-order valence-electron chi connectivity index (χ4n) is 3.45. The fraction of sp³-hybridized carbons (Fsp3) is 0.474. The first kappa shape index (κ1) is 18.6. The number of carboxylic acid groups (broad SMARTS) is 1. The van der Waals surface area contributed by atoms with E-state index in [1.165, 1.54) is 7.11 Å². The predicted molar refractivity (Wildman–Crippen MR) is 96.2 cm³/mol. The Kier molecular flexibility index (Phi) is 5.14.